The zero-order valence-corrected chi connectivity index (χ0v) is 18.0. The van der Waals surface area contributed by atoms with Gasteiger partial charge in [-0.2, -0.15) is 0 Å². The number of fused-ring (bicyclic) bond motifs is 1. The number of benzene rings is 1. The van der Waals surface area contributed by atoms with Crippen LogP contribution in [0.3, 0.4) is 0 Å². The van der Waals surface area contributed by atoms with Crippen LogP contribution in [0.25, 0.3) is 11.0 Å². The summed E-state index contributed by atoms with van der Waals surface area (Å²) in [4.78, 5) is 51.8. The van der Waals surface area contributed by atoms with Gasteiger partial charge in [-0.15, -0.1) is 0 Å². The number of hydrogen-bond acceptors (Lipinski definition) is 5. The minimum atomic E-state index is -0.889. The van der Waals surface area contributed by atoms with Crippen molar-refractivity contribution >= 4 is 40.4 Å². The molecule has 0 radical (unpaired) electrons. The molecule has 0 atom stereocenters. The van der Waals surface area contributed by atoms with Gasteiger partial charge in [-0.3, -0.25) is 19.4 Å². The molecule has 2 aliphatic rings. The Balaban J connectivity index is 1.59. The van der Waals surface area contributed by atoms with Crippen molar-refractivity contribution in [3.05, 3.63) is 56.4 Å². The minimum absolute atomic E-state index is 0.176. The maximum Gasteiger partial charge on any atom is 0.336 e. The average molecular weight is 443 g/mol. The molecule has 162 valence electrons. The van der Waals surface area contributed by atoms with Gasteiger partial charge in [0.05, 0.1) is 6.54 Å². The molecule has 8 heteroatoms. The second kappa shape index (κ2) is 8.67. The molecule has 1 aromatic heterocycles. The summed E-state index contributed by atoms with van der Waals surface area (Å²) < 4.78 is 5.28. The molecule has 4 rings (SSSR count). The molecule has 7 nitrogen and oxygen atoms in total. The molecule has 1 aliphatic carbocycles. The summed E-state index contributed by atoms with van der Waals surface area (Å²) in [6, 6.07) is 3.91. The Morgan fingerprint density at radius 2 is 1.77 bits per heavy atom. The molecular weight excluding hydrogens is 420 g/mol. The molecule has 1 fully saturated rings. The van der Waals surface area contributed by atoms with Crippen molar-refractivity contribution in [2.24, 2.45) is 0 Å². The molecule has 1 aliphatic heterocycles. The number of aryl methyl sites for hydroxylation is 1. The Morgan fingerprint density at radius 3 is 2.48 bits per heavy atom. The van der Waals surface area contributed by atoms with Gasteiger partial charge < -0.3 is 4.42 Å². The zero-order valence-electron chi connectivity index (χ0n) is 17.3. The standard InChI is InChI=1S/C23H23ClN2O5/c1-2-15-10-19-17(12-18(15)24)16(11-20(27)31-19)13-26-22(29)21(28)25(23(26)30)9-8-14-6-4-3-5-7-14/h6,10-12H,2-5,7-9,13H2,1H3. The van der Waals surface area contributed by atoms with Crippen LogP contribution in [0.2, 0.25) is 5.02 Å². The molecule has 0 unspecified atom stereocenters. The third kappa shape index (κ3) is 4.14. The number of allylic oxidation sites excluding steroid dienone is 1. The molecule has 0 spiro atoms. The number of nitrogens with zero attached hydrogens (tertiary/aromatic N) is 2. The third-order valence-electron chi connectivity index (χ3n) is 5.88. The van der Waals surface area contributed by atoms with Crippen LogP contribution in [0.15, 0.2) is 39.1 Å². The van der Waals surface area contributed by atoms with E-state index in [0.29, 0.717) is 34.4 Å². The van der Waals surface area contributed by atoms with Crippen molar-refractivity contribution in [2.45, 2.75) is 52.0 Å². The normalized spacial score (nSPS) is 17.1. The summed E-state index contributed by atoms with van der Waals surface area (Å²) in [5.74, 6) is -1.72. The predicted molar refractivity (Wildman–Crippen MR) is 116 cm³/mol. The number of rotatable bonds is 6. The minimum Gasteiger partial charge on any atom is -0.423 e. The van der Waals surface area contributed by atoms with Gasteiger partial charge in [0.25, 0.3) is 0 Å². The maximum absolute atomic E-state index is 12.9. The molecule has 1 saturated heterocycles. The number of imide groups is 2. The fourth-order valence-corrected chi connectivity index (χ4v) is 4.43. The number of urea groups is 1. The average Bonchev–Trinajstić information content (AvgIpc) is 2.96. The number of hydrogen-bond donors (Lipinski definition) is 0. The van der Waals surface area contributed by atoms with Gasteiger partial charge in [0, 0.05) is 23.0 Å². The lowest BCUT2D eigenvalue weighted by molar-refractivity contribution is -0.143. The second-order valence-corrected chi connectivity index (χ2v) is 8.28. The second-order valence-electron chi connectivity index (χ2n) is 7.87. The lowest BCUT2D eigenvalue weighted by Crippen LogP contribution is -2.34. The molecular formula is C23H23ClN2O5. The first-order valence-electron chi connectivity index (χ1n) is 10.5. The number of amides is 4. The van der Waals surface area contributed by atoms with E-state index in [-0.39, 0.29) is 13.1 Å². The first-order valence-corrected chi connectivity index (χ1v) is 10.9. The molecule has 1 aromatic carbocycles. The maximum atomic E-state index is 12.9. The molecule has 31 heavy (non-hydrogen) atoms. The highest BCUT2D eigenvalue weighted by Crippen LogP contribution is 2.28. The van der Waals surface area contributed by atoms with Gasteiger partial charge in [0.2, 0.25) is 0 Å². The van der Waals surface area contributed by atoms with Crippen LogP contribution in [-0.4, -0.2) is 34.2 Å². The summed E-state index contributed by atoms with van der Waals surface area (Å²) in [5, 5.41) is 1.03. The predicted octanol–water partition coefficient (Wildman–Crippen LogP) is 4.19. The van der Waals surface area contributed by atoms with Crippen molar-refractivity contribution in [1.82, 2.24) is 9.80 Å². The first kappa shape index (κ1) is 21.3. The first-order chi connectivity index (χ1) is 14.9. The molecule has 2 aromatic rings. The van der Waals surface area contributed by atoms with Crippen LogP contribution >= 0.6 is 11.6 Å². The van der Waals surface area contributed by atoms with E-state index in [1.165, 1.54) is 11.6 Å². The molecule has 4 amide bonds. The van der Waals surface area contributed by atoms with Crippen molar-refractivity contribution in [2.75, 3.05) is 6.54 Å². The Hall–Kier alpha value is -2.93. The van der Waals surface area contributed by atoms with Crippen molar-refractivity contribution in [3.63, 3.8) is 0 Å². The van der Waals surface area contributed by atoms with Crippen LogP contribution < -0.4 is 5.63 Å². The topological polar surface area (TPSA) is 87.9 Å². The van der Waals surface area contributed by atoms with Crippen LogP contribution in [0.4, 0.5) is 4.79 Å². The quantitative estimate of drug-likeness (QED) is 0.289. The van der Waals surface area contributed by atoms with E-state index in [4.69, 9.17) is 16.0 Å². The van der Waals surface area contributed by atoms with E-state index in [9.17, 15) is 19.2 Å². The van der Waals surface area contributed by atoms with Gasteiger partial charge in [-0.1, -0.05) is 30.2 Å². The molecule has 0 saturated carbocycles. The SMILES string of the molecule is CCc1cc2oc(=O)cc(CN3C(=O)C(=O)N(CCC4=CCCCC4)C3=O)c2cc1Cl. The van der Waals surface area contributed by atoms with E-state index < -0.39 is 23.5 Å². The summed E-state index contributed by atoms with van der Waals surface area (Å²) in [6.45, 7) is 1.90. The Bertz CT molecular complexity index is 1170. The smallest absolute Gasteiger partial charge is 0.336 e. The number of halogens is 1. The third-order valence-corrected chi connectivity index (χ3v) is 6.24. The van der Waals surface area contributed by atoms with E-state index >= 15 is 0 Å². The van der Waals surface area contributed by atoms with Gasteiger partial charge in [0.1, 0.15) is 5.58 Å². The number of carbonyl (C=O) groups is 3. The monoisotopic (exact) mass is 442 g/mol. The van der Waals surface area contributed by atoms with E-state index in [1.54, 1.807) is 12.1 Å². The van der Waals surface area contributed by atoms with Crippen LogP contribution in [0.5, 0.6) is 0 Å². The van der Waals surface area contributed by atoms with Crippen molar-refractivity contribution in [1.29, 1.82) is 0 Å². The highest BCUT2D eigenvalue weighted by molar-refractivity contribution is 6.44. The summed E-state index contributed by atoms with van der Waals surface area (Å²) in [5.41, 5.74) is 2.17. The summed E-state index contributed by atoms with van der Waals surface area (Å²) in [7, 11) is 0. The fourth-order valence-electron chi connectivity index (χ4n) is 4.13. The number of carbonyl (C=O) groups excluding carboxylic acids is 3. The highest BCUT2D eigenvalue weighted by atomic mass is 35.5. The molecule has 0 N–H and O–H groups in total. The van der Waals surface area contributed by atoms with Gasteiger partial charge in [0.15, 0.2) is 0 Å². The van der Waals surface area contributed by atoms with Gasteiger partial charge >= 0.3 is 23.5 Å². The van der Waals surface area contributed by atoms with Crippen LogP contribution in [0.1, 0.15) is 50.2 Å². The molecule has 0 bridgehead atoms. The van der Waals surface area contributed by atoms with E-state index in [2.05, 4.69) is 6.08 Å². The van der Waals surface area contributed by atoms with Crippen molar-refractivity contribution < 1.29 is 18.8 Å². The summed E-state index contributed by atoms with van der Waals surface area (Å²) >= 11 is 6.32. The van der Waals surface area contributed by atoms with Gasteiger partial charge in [-0.05, 0) is 61.8 Å². The Kier molecular flexibility index (Phi) is 5.96. The molecule has 2 heterocycles. The zero-order chi connectivity index (χ0) is 22.1. The lowest BCUT2D eigenvalue weighted by Gasteiger charge is -2.18. The van der Waals surface area contributed by atoms with E-state index in [1.807, 2.05) is 6.92 Å². The van der Waals surface area contributed by atoms with Gasteiger partial charge in [-0.25, -0.2) is 9.59 Å². The largest absolute Gasteiger partial charge is 0.423 e. The Morgan fingerprint density at radius 1 is 1.00 bits per heavy atom. The fraction of sp³-hybridized carbons (Fsp3) is 0.391. The lowest BCUT2D eigenvalue weighted by atomic mass is 9.97. The Labute approximate surface area is 184 Å². The van der Waals surface area contributed by atoms with Crippen molar-refractivity contribution in [3.8, 4) is 0 Å². The van der Waals surface area contributed by atoms with Crippen LogP contribution in [0, 0.1) is 0 Å². The highest BCUT2D eigenvalue weighted by Gasteiger charge is 2.44. The van der Waals surface area contributed by atoms with Crippen LogP contribution in [-0.2, 0) is 22.6 Å². The van der Waals surface area contributed by atoms with E-state index in [0.717, 1.165) is 41.0 Å². The summed E-state index contributed by atoms with van der Waals surface area (Å²) in [6.07, 6.45) is 7.61.